The summed E-state index contributed by atoms with van der Waals surface area (Å²) in [5.74, 6) is 0.790. The molecule has 0 atom stereocenters. The van der Waals surface area contributed by atoms with Crippen LogP contribution in [0.3, 0.4) is 0 Å². The first-order chi connectivity index (χ1) is 6.14. The third-order valence-corrected chi connectivity index (χ3v) is 3.22. The van der Waals surface area contributed by atoms with Crippen LogP contribution < -0.4 is 0 Å². The summed E-state index contributed by atoms with van der Waals surface area (Å²) in [6.07, 6.45) is 2.10. The van der Waals surface area contributed by atoms with Crippen molar-refractivity contribution in [2.75, 3.05) is 0 Å². The molecule has 0 rings (SSSR count). The van der Waals surface area contributed by atoms with E-state index in [0.717, 1.165) is 22.2 Å². The predicted molar refractivity (Wildman–Crippen MR) is 71.7 cm³/mol. The van der Waals surface area contributed by atoms with Gasteiger partial charge in [0, 0.05) is 10.2 Å². The molecule has 0 aliphatic rings. The highest BCUT2D eigenvalue weighted by Crippen LogP contribution is 2.17. The summed E-state index contributed by atoms with van der Waals surface area (Å²) in [7, 11) is -1.86. The van der Waals surface area contributed by atoms with Gasteiger partial charge in [-0.15, -0.1) is 0 Å². The highest BCUT2D eigenvalue weighted by atomic mass is 28.4. The molecule has 0 spiro atoms. The first-order valence-corrected chi connectivity index (χ1v) is 13.5. The molecule has 14 heavy (non-hydrogen) atoms. The molecule has 0 aliphatic heterocycles. The van der Waals surface area contributed by atoms with Crippen LogP contribution in [0.1, 0.15) is 0 Å². The van der Waals surface area contributed by atoms with Gasteiger partial charge >= 0.3 is 0 Å². The SMILES string of the molecule is C[Si](C)(C)OC(=CC[SiH3])O[Si](C)(C)C. The smallest absolute Gasteiger partial charge is 0.246 e. The zero-order valence-electron chi connectivity index (χ0n) is 10.6. The molecule has 0 heterocycles. The van der Waals surface area contributed by atoms with Gasteiger partial charge in [-0.2, -0.15) is 0 Å². The molecule has 0 aliphatic carbocycles. The molecule has 0 radical (unpaired) electrons. The maximum atomic E-state index is 5.89. The number of allylic oxidation sites excluding steroid dienone is 1. The second-order valence-electron chi connectivity index (χ2n) is 5.36. The van der Waals surface area contributed by atoms with Gasteiger partial charge in [0.2, 0.25) is 22.6 Å². The lowest BCUT2D eigenvalue weighted by molar-refractivity contribution is 0.215. The second kappa shape index (κ2) is 5.18. The first kappa shape index (κ1) is 14.0. The fourth-order valence-electron chi connectivity index (χ4n) is 0.874. The van der Waals surface area contributed by atoms with E-state index in [4.69, 9.17) is 8.85 Å². The lowest BCUT2D eigenvalue weighted by Gasteiger charge is -2.27. The van der Waals surface area contributed by atoms with E-state index in [1.807, 2.05) is 0 Å². The Kier molecular flexibility index (Phi) is 5.18. The van der Waals surface area contributed by atoms with Crippen LogP contribution in [-0.4, -0.2) is 26.9 Å². The minimum absolute atomic E-state index is 0.790. The molecular weight excluding hydrogens is 224 g/mol. The number of hydrogen-bond acceptors (Lipinski definition) is 2. The molecule has 0 aromatic carbocycles. The topological polar surface area (TPSA) is 18.5 Å². The van der Waals surface area contributed by atoms with Crippen molar-refractivity contribution in [1.82, 2.24) is 0 Å². The van der Waals surface area contributed by atoms with Crippen molar-refractivity contribution in [2.24, 2.45) is 0 Å². The Hall–Kier alpha value is -0.00935. The molecule has 5 heteroatoms. The maximum absolute atomic E-state index is 5.89. The Morgan fingerprint density at radius 2 is 1.36 bits per heavy atom. The predicted octanol–water partition coefficient (Wildman–Crippen LogP) is 2.31. The van der Waals surface area contributed by atoms with Gasteiger partial charge in [0.05, 0.1) is 0 Å². The van der Waals surface area contributed by atoms with Crippen molar-refractivity contribution in [3.05, 3.63) is 12.0 Å². The van der Waals surface area contributed by atoms with Gasteiger partial charge in [-0.1, -0.05) is 0 Å². The molecule has 0 fully saturated rings. The van der Waals surface area contributed by atoms with Crippen molar-refractivity contribution in [3.8, 4) is 0 Å². The molecule has 0 aromatic rings. The lowest BCUT2D eigenvalue weighted by atomic mass is 10.7. The molecule has 0 bridgehead atoms. The summed E-state index contributed by atoms with van der Waals surface area (Å²) >= 11 is 0. The third kappa shape index (κ3) is 8.58. The second-order valence-corrected chi connectivity index (χ2v) is 15.0. The van der Waals surface area contributed by atoms with E-state index in [0.29, 0.717) is 0 Å². The molecule has 0 amide bonds. The minimum Gasteiger partial charge on any atom is -0.521 e. The Morgan fingerprint density at radius 1 is 1.00 bits per heavy atom. The van der Waals surface area contributed by atoms with Crippen molar-refractivity contribution in [2.45, 2.75) is 45.3 Å². The van der Waals surface area contributed by atoms with Crippen molar-refractivity contribution >= 4 is 26.9 Å². The zero-order valence-corrected chi connectivity index (χ0v) is 14.6. The molecule has 0 saturated heterocycles. The summed E-state index contributed by atoms with van der Waals surface area (Å²) in [4.78, 5) is 0. The van der Waals surface area contributed by atoms with E-state index in [9.17, 15) is 0 Å². The standard InChI is InChI=1S/C9H24O2Si3/c1-13(2,3)10-9(7-8-12)11-14(4,5)6/h7H,8H2,1-6,12H3. The van der Waals surface area contributed by atoms with Gasteiger partial charge in [0.1, 0.15) is 0 Å². The minimum atomic E-state index is -1.51. The van der Waals surface area contributed by atoms with Gasteiger partial charge in [0.15, 0.2) is 0 Å². The van der Waals surface area contributed by atoms with E-state index in [1.54, 1.807) is 0 Å². The monoisotopic (exact) mass is 248 g/mol. The Morgan fingerprint density at radius 3 is 1.57 bits per heavy atom. The van der Waals surface area contributed by atoms with Crippen molar-refractivity contribution < 1.29 is 8.85 Å². The summed E-state index contributed by atoms with van der Waals surface area (Å²) in [6, 6.07) is 1.10. The first-order valence-electron chi connectivity index (χ1n) is 5.22. The van der Waals surface area contributed by atoms with Gasteiger partial charge < -0.3 is 8.85 Å². The van der Waals surface area contributed by atoms with Crippen molar-refractivity contribution in [3.63, 3.8) is 0 Å². The van der Waals surface area contributed by atoms with Crippen LogP contribution in [0, 0.1) is 0 Å². The number of rotatable bonds is 5. The Labute approximate surface area is 93.4 Å². The van der Waals surface area contributed by atoms with Crippen LogP contribution >= 0.6 is 0 Å². The molecule has 0 unspecified atom stereocenters. The van der Waals surface area contributed by atoms with E-state index in [1.165, 1.54) is 0 Å². The van der Waals surface area contributed by atoms with Gasteiger partial charge in [0.25, 0.3) is 0 Å². The summed E-state index contributed by atoms with van der Waals surface area (Å²) in [6.45, 7) is 13.1. The van der Waals surface area contributed by atoms with Gasteiger partial charge in [-0.05, 0) is 51.4 Å². The van der Waals surface area contributed by atoms with Gasteiger partial charge in [-0.3, -0.25) is 0 Å². The average molecular weight is 249 g/mol. The van der Waals surface area contributed by atoms with Crippen LogP contribution in [0.15, 0.2) is 12.0 Å². The van der Waals surface area contributed by atoms with Crippen LogP contribution in [0.25, 0.3) is 0 Å². The molecule has 0 aromatic heterocycles. The van der Waals surface area contributed by atoms with E-state index in [2.05, 4.69) is 45.4 Å². The quantitative estimate of drug-likeness (QED) is 0.549. The van der Waals surface area contributed by atoms with E-state index < -0.39 is 16.6 Å². The Bertz CT molecular complexity index is 183. The summed E-state index contributed by atoms with van der Waals surface area (Å²) < 4.78 is 11.8. The largest absolute Gasteiger partial charge is 0.521 e. The Balaban J connectivity index is 4.41. The van der Waals surface area contributed by atoms with E-state index >= 15 is 0 Å². The maximum Gasteiger partial charge on any atom is 0.246 e. The van der Waals surface area contributed by atoms with Crippen LogP contribution in [0.2, 0.25) is 45.3 Å². The van der Waals surface area contributed by atoms with Crippen LogP contribution in [0.5, 0.6) is 0 Å². The normalized spacial score (nSPS) is 12.4. The molecule has 0 saturated carbocycles. The molecule has 2 nitrogen and oxygen atoms in total. The van der Waals surface area contributed by atoms with Gasteiger partial charge in [-0.25, -0.2) is 0 Å². The van der Waals surface area contributed by atoms with Crippen LogP contribution in [-0.2, 0) is 8.85 Å². The zero-order chi connectivity index (χ0) is 11.4. The third-order valence-electron chi connectivity index (χ3n) is 1.18. The molecule has 0 N–H and O–H groups in total. The molecule has 84 valence electrons. The lowest BCUT2D eigenvalue weighted by Crippen LogP contribution is -2.31. The fourth-order valence-corrected chi connectivity index (χ4v) is 2.75. The van der Waals surface area contributed by atoms with Crippen LogP contribution in [0.4, 0.5) is 0 Å². The fraction of sp³-hybridized carbons (Fsp3) is 0.778. The number of hydrogen-bond donors (Lipinski definition) is 0. The highest BCUT2D eigenvalue weighted by Gasteiger charge is 2.23. The summed E-state index contributed by atoms with van der Waals surface area (Å²) in [5.41, 5.74) is 0. The highest BCUT2D eigenvalue weighted by molar-refractivity contribution is 6.71. The van der Waals surface area contributed by atoms with E-state index in [-0.39, 0.29) is 0 Å². The molecular formula is C9H24O2Si3. The average Bonchev–Trinajstić information content (AvgIpc) is 1.78. The summed E-state index contributed by atoms with van der Waals surface area (Å²) in [5, 5.41) is 0. The van der Waals surface area contributed by atoms with Crippen molar-refractivity contribution in [1.29, 1.82) is 0 Å².